The fourth-order valence-corrected chi connectivity index (χ4v) is 4.42. The van der Waals surface area contributed by atoms with Crippen molar-refractivity contribution in [3.8, 4) is 0 Å². The summed E-state index contributed by atoms with van der Waals surface area (Å²) in [4.78, 5) is 16.4. The van der Waals surface area contributed by atoms with Crippen molar-refractivity contribution in [3.05, 3.63) is 53.6 Å². The fourth-order valence-electron chi connectivity index (χ4n) is 4.12. The maximum Gasteiger partial charge on any atom is 0.227 e. The third-order valence-corrected chi connectivity index (χ3v) is 6.17. The number of carbonyl (C=O) groups is 1. The van der Waals surface area contributed by atoms with Crippen LogP contribution < -0.4 is 20.4 Å². The van der Waals surface area contributed by atoms with E-state index in [4.69, 9.17) is 17.0 Å². The zero-order chi connectivity index (χ0) is 21.8. The van der Waals surface area contributed by atoms with Crippen LogP contribution in [0.5, 0.6) is 0 Å². The van der Waals surface area contributed by atoms with E-state index in [1.54, 1.807) is 0 Å². The fraction of sp³-hybridized carbons (Fsp3) is 0.417. The van der Waals surface area contributed by atoms with Gasteiger partial charge in [0.1, 0.15) is 0 Å². The number of thiocarbonyl (C=S) groups is 1. The number of morpholine rings is 1. The lowest BCUT2D eigenvalue weighted by atomic mass is 10.1. The van der Waals surface area contributed by atoms with E-state index in [-0.39, 0.29) is 11.9 Å². The topological polar surface area (TPSA) is 56.8 Å². The first-order valence-electron chi connectivity index (χ1n) is 10.9. The number of anilines is 3. The van der Waals surface area contributed by atoms with E-state index in [2.05, 4.69) is 46.7 Å². The molecule has 2 saturated heterocycles. The average molecular weight is 439 g/mol. The van der Waals surface area contributed by atoms with E-state index in [0.29, 0.717) is 11.5 Å². The third-order valence-electron chi connectivity index (χ3n) is 5.95. The summed E-state index contributed by atoms with van der Waals surface area (Å²) in [6, 6.07) is 14.7. The van der Waals surface area contributed by atoms with Crippen molar-refractivity contribution in [3.63, 3.8) is 0 Å². The van der Waals surface area contributed by atoms with Gasteiger partial charge in [0.15, 0.2) is 5.11 Å². The Kier molecular flexibility index (Phi) is 6.73. The van der Waals surface area contributed by atoms with Gasteiger partial charge in [-0.1, -0.05) is 18.2 Å². The molecule has 0 aliphatic carbocycles. The second-order valence-electron chi connectivity index (χ2n) is 8.16. The number of carbonyl (C=O) groups excluding carboxylic acids is 1. The lowest BCUT2D eigenvalue weighted by Gasteiger charge is -2.29. The van der Waals surface area contributed by atoms with Crippen molar-refractivity contribution in [2.24, 2.45) is 0 Å². The number of rotatable bonds is 5. The zero-order valence-electron chi connectivity index (χ0n) is 18.2. The summed E-state index contributed by atoms with van der Waals surface area (Å²) in [7, 11) is 0. The van der Waals surface area contributed by atoms with E-state index < -0.39 is 0 Å². The van der Waals surface area contributed by atoms with Crippen LogP contribution in [0.4, 0.5) is 17.1 Å². The molecule has 2 N–H and O–H groups in total. The monoisotopic (exact) mass is 438 g/mol. The van der Waals surface area contributed by atoms with Gasteiger partial charge >= 0.3 is 0 Å². The zero-order valence-corrected chi connectivity index (χ0v) is 19.0. The Morgan fingerprint density at radius 1 is 1.10 bits per heavy atom. The van der Waals surface area contributed by atoms with Crippen LogP contribution in [-0.4, -0.2) is 43.9 Å². The Morgan fingerprint density at radius 3 is 2.52 bits per heavy atom. The normalized spacial score (nSPS) is 17.5. The lowest BCUT2D eigenvalue weighted by molar-refractivity contribution is -0.117. The summed E-state index contributed by atoms with van der Waals surface area (Å²) in [5.74, 6) is 0.190. The minimum Gasteiger partial charge on any atom is -0.378 e. The number of ether oxygens (including phenoxy) is 1. The summed E-state index contributed by atoms with van der Waals surface area (Å²) in [6.45, 7) is 8.35. The highest BCUT2D eigenvalue weighted by atomic mass is 32.1. The van der Waals surface area contributed by atoms with Crippen LogP contribution in [0, 0.1) is 6.92 Å². The van der Waals surface area contributed by atoms with E-state index in [9.17, 15) is 4.79 Å². The number of benzene rings is 2. The van der Waals surface area contributed by atoms with E-state index in [1.807, 2.05) is 30.0 Å². The quantitative estimate of drug-likeness (QED) is 0.688. The Morgan fingerprint density at radius 2 is 1.84 bits per heavy atom. The van der Waals surface area contributed by atoms with Crippen molar-refractivity contribution in [2.45, 2.75) is 32.7 Å². The molecule has 2 aromatic carbocycles. The molecule has 0 radical (unpaired) electrons. The van der Waals surface area contributed by atoms with Crippen molar-refractivity contribution in [2.75, 3.05) is 48.0 Å². The van der Waals surface area contributed by atoms with E-state index in [1.165, 1.54) is 11.3 Å². The predicted octanol–water partition coefficient (Wildman–Crippen LogP) is 4.01. The highest BCUT2D eigenvalue weighted by Gasteiger charge is 2.23. The molecular weight excluding hydrogens is 408 g/mol. The smallest absolute Gasteiger partial charge is 0.227 e. The van der Waals surface area contributed by atoms with Crippen molar-refractivity contribution in [1.29, 1.82) is 0 Å². The molecule has 4 rings (SSSR count). The molecule has 2 aromatic rings. The molecule has 2 aliphatic rings. The molecule has 0 bridgehead atoms. The first-order valence-corrected chi connectivity index (χ1v) is 11.3. The molecule has 2 aliphatic heterocycles. The standard InChI is InChI=1S/C24H30N4O2S/c1-17-5-8-20(16-22(17)28-11-3-4-23(28)29)26-24(31)25-18(2)19-6-9-21(10-7-19)27-12-14-30-15-13-27/h5-10,16,18H,3-4,11-15H2,1-2H3,(H2,25,26,31)/t18-/m0/s1. The molecule has 0 aromatic heterocycles. The molecule has 1 atom stereocenters. The maximum atomic E-state index is 12.1. The molecule has 31 heavy (non-hydrogen) atoms. The largest absolute Gasteiger partial charge is 0.378 e. The first kappa shape index (κ1) is 21.6. The van der Waals surface area contributed by atoms with E-state index in [0.717, 1.165) is 56.2 Å². The average Bonchev–Trinajstić information content (AvgIpc) is 3.21. The van der Waals surface area contributed by atoms with Gasteiger partial charge in [-0.2, -0.15) is 0 Å². The Hall–Kier alpha value is -2.64. The number of aryl methyl sites for hydroxylation is 1. The van der Waals surface area contributed by atoms with Gasteiger partial charge in [0.25, 0.3) is 0 Å². The molecular formula is C24H30N4O2S. The first-order chi connectivity index (χ1) is 15.0. The minimum atomic E-state index is 0.0730. The van der Waals surface area contributed by atoms with E-state index >= 15 is 0 Å². The summed E-state index contributed by atoms with van der Waals surface area (Å²) in [6.07, 6.45) is 1.54. The van der Waals surface area contributed by atoms with Gasteiger partial charge < -0.3 is 25.2 Å². The van der Waals surface area contributed by atoms with Gasteiger partial charge in [0.2, 0.25) is 5.91 Å². The van der Waals surface area contributed by atoms with Crippen LogP contribution in [0.25, 0.3) is 0 Å². The number of nitrogens with zero attached hydrogens (tertiary/aromatic N) is 2. The van der Waals surface area contributed by atoms with Gasteiger partial charge in [-0.05, 0) is 67.9 Å². The molecule has 2 fully saturated rings. The predicted molar refractivity (Wildman–Crippen MR) is 130 cm³/mol. The van der Waals surface area contributed by atoms with Crippen LogP contribution in [-0.2, 0) is 9.53 Å². The van der Waals surface area contributed by atoms with Crippen LogP contribution in [0.2, 0.25) is 0 Å². The molecule has 0 unspecified atom stereocenters. The molecule has 0 spiro atoms. The summed E-state index contributed by atoms with van der Waals surface area (Å²) in [5.41, 5.74) is 5.33. The Bertz CT molecular complexity index is 941. The molecule has 0 saturated carbocycles. The maximum absolute atomic E-state index is 12.1. The van der Waals surface area contributed by atoms with Gasteiger partial charge in [0, 0.05) is 43.1 Å². The lowest BCUT2D eigenvalue weighted by Crippen LogP contribution is -2.36. The second-order valence-corrected chi connectivity index (χ2v) is 8.57. The highest BCUT2D eigenvalue weighted by Crippen LogP contribution is 2.28. The van der Waals surface area contributed by atoms with Crippen molar-refractivity contribution < 1.29 is 9.53 Å². The number of nitrogens with one attached hydrogen (secondary N) is 2. The summed E-state index contributed by atoms with van der Waals surface area (Å²) < 4.78 is 5.43. The summed E-state index contributed by atoms with van der Waals surface area (Å²) in [5, 5.41) is 7.20. The Labute approximate surface area is 189 Å². The third kappa shape index (κ3) is 5.17. The van der Waals surface area contributed by atoms with Gasteiger partial charge in [-0.15, -0.1) is 0 Å². The minimum absolute atomic E-state index is 0.0730. The second kappa shape index (κ2) is 9.66. The van der Waals surface area contributed by atoms with Crippen molar-refractivity contribution >= 4 is 40.3 Å². The number of hydrogen-bond donors (Lipinski definition) is 2. The SMILES string of the molecule is Cc1ccc(NC(=S)N[C@@H](C)c2ccc(N3CCOCC3)cc2)cc1N1CCCC1=O. The molecule has 6 nitrogen and oxygen atoms in total. The molecule has 164 valence electrons. The van der Waals surface area contributed by atoms with Gasteiger partial charge in [0.05, 0.1) is 19.3 Å². The van der Waals surface area contributed by atoms with Crippen LogP contribution in [0.15, 0.2) is 42.5 Å². The highest BCUT2D eigenvalue weighted by molar-refractivity contribution is 7.80. The van der Waals surface area contributed by atoms with Crippen molar-refractivity contribution in [1.82, 2.24) is 5.32 Å². The number of amides is 1. The van der Waals surface area contributed by atoms with Gasteiger partial charge in [-0.25, -0.2) is 0 Å². The van der Waals surface area contributed by atoms with Gasteiger partial charge in [-0.3, -0.25) is 4.79 Å². The van der Waals surface area contributed by atoms with Crippen LogP contribution in [0.1, 0.15) is 36.9 Å². The van der Waals surface area contributed by atoms with Crippen LogP contribution in [0.3, 0.4) is 0 Å². The molecule has 1 amide bonds. The summed E-state index contributed by atoms with van der Waals surface area (Å²) >= 11 is 5.55. The Balaban J connectivity index is 1.36. The number of hydrogen-bond acceptors (Lipinski definition) is 4. The van der Waals surface area contributed by atoms with Crippen LogP contribution >= 0.6 is 12.2 Å². The molecule has 2 heterocycles. The molecule has 7 heteroatoms.